The SMILES string of the molecule is C[C@@]1(CO)[C@@H](c2ccccc2)OC(=O)N1Cc1ccccc1. The van der Waals surface area contributed by atoms with Crippen LogP contribution in [0.3, 0.4) is 0 Å². The Labute approximate surface area is 130 Å². The fraction of sp³-hybridized carbons (Fsp3) is 0.278. The summed E-state index contributed by atoms with van der Waals surface area (Å²) in [5.74, 6) is 0. The van der Waals surface area contributed by atoms with Crippen molar-refractivity contribution in [2.45, 2.75) is 25.1 Å². The fourth-order valence-corrected chi connectivity index (χ4v) is 2.88. The maximum absolute atomic E-state index is 12.3. The molecule has 3 rings (SSSR count). The van der Waals surface area contributed by atoms with Gasteiger partial charge in [-0.05, 0) is 18.1 Å². The number of rotatable bonds is 4. The molecule has 0 bridgehead atoms. The van der Waals surface area contributed by atoms with Gasteiger partial charge in [-0.3, -0.25) is 4.90 Å². The second kappa shape index (κ2) is 5.81. The molecule has 4 nitrogen and oxygen atoms in total. The zero-order valence-electron chi connectivity index (χ0n) is 12.5. The van der Waals surface area contributed by atoms with Crippen molar-refractivity contribution in [3.05, 3.63) is 71.8 Å². The lowest BCUT2D eigenvalue weighted by molar-refractivity contribution is 0.0497. The third-order valence-corrected chi connectivity index (χ3v) is 4.23. The largest absolute Gasteiger partial charge is 0.439 e. The molecule has 0 saturated carbocycles. The van der Waals surface area contributed by atoms with Gasteiger partial charge in [0.2, 0.25) is 0 Å². The number of carbonyl (C=O) groups is 1. The van der Waals surface area contributed by atoms with E-state index in [1.165, 1.54) is 0 Å². The average Bonchev–Trinajstić information content (AvgIpc) is 2.82. The average molecular weight is 297 g/mol. The van der Waals surface area contributed by atoms with Gasteiger partial charge in [-0.2, -0.15) is 0 Å². The molecule has 0 spiro atoms. The molecule has 2 atom stereocenters. The van der Waals surface area contributed by atoms with Gasteiger partial charge in [0, 0.05) is 6.54 Å². The molecule has 1 amide bonds. The van der Waals surface area contributed by atoms with Gasteiger partial charge in [-0.25, -0.2) is 4.79 Å². The molecule has 114 valence electrons. The molecule has 1 aliphatic rings. The summed E-state index contributed by atoms with van der Waals surface area (Å²) in [5, 5.41) is 9.95. The monoisotopic (exact) mass is 297 g/mol. The smallest absolute Gasteiger partial charge is 0.411 e. The van der Waals surface area contributed by atoms with E-state index in [-0.39, 0.29) is 6.61 Å². The molecular formula is C18H19NO3. The number of carbonyl (C=O) groups excluding carboxylic acids is 1. The Morgan fingerprint density at radius 1 is 1.09 bits per heavy atom. The van der Waals surface area contributed by atoms with E-state index in [0.717, 1.165) is 11.1 Å². The Bertz CT molecular complexity index is 644. The van der Waals surface area contributed by atoms with Crippen LogP contribution >= 0.6 is 0 Å². The Hall–Kier alpha value is -2.33. The maximum atomic E-state index is 12.3. The number of amides is 1. The normalized spacial score (nSPS) is 24.4. The van der Waals surface area contributed by atoms with E-state index in [2.05, 4.69) is 0 Å². The molecule has 1 heterocycles. The Morgan fingerprint density at radius 2 is 1.68 bits per heavy atom. The number of hydrogen-bond donors (Lipinski definition) is 1. The van der Waals surface area contributed by atoms with Crippen LogP contribution in [-0.4, -0.2) is 28.2 Å². The highest BCUT2D eigenvalue weighted by Crippen LogP contribution is 2.41. The summed E-state index contributed by atoms with van der Waals surface area (Å²) in [6, 6.07) is 19.3. The van der Waals surface area contributed by atoms with Crippen LogP contribution in [0.5, 0.6) is 0 Å². The van der Waals surface area contributed by atoms with Gasteiger partial charge in [0.05, 0.1) is 6.61 Å². The second-order valence-corrected chi connectivity index (χ2v) is 5.76. The third kappa shape index (κ3) is 2.46. The van der Waals surface area contributed by atoms with E-state index >= 15 is 0 Å². The second-order valence-electron chi connectivity index (χ2n) is 5.76. The minimum Gasteiger partial charge on any atom is -0.439 e. The van der Waals surface area contributed by atoms with Crippen LogP contribution in [-0.2, 0) is 11.3 Å². The van der Waals surface area contributed by atoms with Crippen LogP contribution in [0.4, 0.5) is 4.79 Å². The van der Waals surface area contributed by atoms with Crippen molar-refractivity contribution in [1.82, 2.24) is 4.90 Å². The quantitative estimate of drug-likeness (QED) is 0.943. The summed E-state index contributed by atoms with van der Waals surface area (Å²) in [6.45, 7) is 2.11. The number of ether oxygens (including phenoxy) is 1. The molecule has 1 aliphatic heterocycles. The van der Waals surface area contributed by atoms with Crippen LogP contribution < -0.4 is 0 Å². The summed E-state index contributed by atoms with van der Waals surface area (Å²) in [7, 11) is 0. The first kappa shape index (κ1) is 14.6. The molecule has 0 unspecified atom stereocenters. The van der Waals surface area contributed by atoms with Crippen molar-refractivity contribution < 1.29 is 14.6 Å². The molecule has 1 N–H and O–H groups in total. The van der Waals surface area contributed by atoms with E-state index in [1.807, 2.05) is 67.6 Å². The molecule has 1 fully saturated rings. The lowest BCUT2D eigenvalue weighted by atomic mass is 9.89. The van der Waals surface area contributed by atoms with E-state index in [9.17, 15) is 9.90 Å². The van der Waals surface area contributed by atoms with Crippen LogP contribution in [0, 0.1) is 0 Å². The van der Waals surface area contributed by atoms with Gasteiger partial charge < -0.3 is 9.84 Å². The summed E-state index contributed by atoms with van der Waals surface area (Å²) in [6.07, 6.45) is -0.871. The molecule has 4 heteroatoms. The molecule has 2 aromatic rings. The first-order chi connectivity index (χ1) is 10.6. The number of benzene rings is 2. The molecule has 1 saturated heterocycles. The van der Waals surface area contributed by atoms with Crippen LogP contribution in [0.25, 0.3) is 0 Å². The Morgan fingerprint density at radius 3 is 2.27 bits per heavy atom. The maximum Gasteiger partial charge on any atom is 0.411 e. The molecule has 0 radical (unpaired) electrons. The van der Waals surface area contributed by atoms with E-state index < -0.39 is 17.7 Å². The minimum atomic E-state index is -0.783. The highest BCUT2D eigenvalue weighted by molar-refractivity contribution is 5.72. The van der Waals surface area contributed by atoms with Gasteiger partial charge in [0.15, 0.2) is 6.10 Å². The zero-order chi connectivity index (χ0) is 15.6. The molecule has 0 aliphatic carbocycles. The van der Waals surface area contributed by atoms with Crippen LogP contribution in [0.15, 0.2) is 60.7 Å². The van der Waals surface area contributed by atoms with E-state index in [4.69, 9.17) is 4.74 Å². The number of cyclic esters (lactones) is 1. The zero-order valence-corrected chi connectivity index (χ0v) is 12.5. The molecule has 2 aromatic carbocycles. The van der Waals surface area contributed by atoms with Gasteiger partial charge in [0.25, 0.3) is 0 Å². The van der Waals surface area contributed by atoms with Crippen LogP contribution in [0.1, 0.15) is 24.2 Å². The third-order valence-electron chi connectivity index (χ3n) is 4.23. The van der Waals surface area contributed by atoms with Crippen molar-refractivity contribution in [2.75, 3.05) is 6.61 Å². The highest BCUT2D eigenvalue weighted by atomic mass is 16.6. The van der Waals surface area contributed by atoms with Crippen LogP contribution in [0.2, 0.25) is 0 Å². The fourth-order valence-electron chi connectivity index (χ4n) is 2.88. The van der Waals surface area contributed by atoms with Gasteiger partial charge in [-0.15, -0.1) is 0 Å². The van der Waals surface area contributed by atoms with Gasteiger partial charge >= 0.3 is 6.09 Å². The van der Waals surface area contributed by atoms with E-state index in [0.29, 0.717) is 6.54 Å². The van der Waals surface area contributed by atoms with Gasteiger partial charge in [0.1, 0.15) is 5.54 Å². The van der Waals surface area contributed by atoms with Crippen molar-refractivity contribution in [2.24, 2.45) is 0 Å². The first-order valence-electron chi connectivity index (χ1n) is 7.33. The van der Waals surface area contributed by atoms with Crippen molar-refractivity contribution in [3.63, 3.8) is 0 Å². The lowest BCUT2D eigenvalue weighted by Gasteiger charge is -2.34. The summed E-state index contributed by atoms with van der Waals surface area (Å²) in [5.41, 5.74) is 1.12. The Kier molecular flexibility index (Phi) is 3.86. The topological polar surface area (TPSA) is 49.8 Å². The minimum absolute atomic E-state index is 0.162. The summed E-state index contributed by atoms with van der Waals surface area (Å²) < 4.78 is 5.57. The van der Waals surface area contributed by atoms with E-state index in [1.54, 1.807) is 4.90 Å². The molecular weight excluding hydrogens is 278 g/mol. The molecule has 0 aromatic heterocycles. The highest BCUT2D eigenvalue weighted by Gasteiger charge is 2.51. The predicted octanol–water partition coefficient (Wildman–Crippen LogP) is 3.13. The number of aliphatic hydroxyl groups is 1. The number of hydrogen-bond acceptors (Lipinski definition) is 3. The summed E-state index contributed by atoms with van der Waals surface area (Å²) >= 11 is 0. The standard InChI is InChI=1S/C18H19NO3/c1-18(13-20)16(15-10-6-3-7-11-15)22-17(21)19(18)12-14-8-4-2-5-9-14/h2-11,16,20H,12-13H2,1H3/t16-,18-/m1/s1. The lowest BCUT2D eigenvalue weighted by Crippen LogP contribution is -2.48. The van der Waals surface area contributed by atoms with Crippen molar-refractivity contribution >= 4 is 6.09 Å². The van der Waals surface area contributed by atoms with Crippen molar-refractivity contribution in [3.8, 4) is 0 Å². The Balaban J connectivity index is 1.92. The molecule has 22 heavy (non-hydrogen) atoms. The van der Waals surface area contributed by atoms with Crippen molar-refractivity contribution in [1.29, 1.82) is 0 Å². The van der Waals surface area contributed by atoms with Gasteiger partial charge in [-0.1, -0.05) is 60.7 Å². The first-order valence-corrected chi connectivity index (χ1v) is 7.33. The number of aliphatic hydroxyl groups excluding tert-OH is 1. The summed E-state index contributed by atoms with van der Waals surface area (Å²) in [4.78, 5) is 13.9. The number of nitrogens with zero attached hydrogens (tertiary/aromatic N) is 1. The predicted molar refractivity (Wildman–Crippen MR) is 83.1 cm³/mol.